The molecule has 0 saturated carbocycles. The van der Waals surface area contributed by atoms with E-state index in [4.69, 9.17) is 5.73 Å². The van der Waals surface area contributed by atoms with Crippen LogP contribution >= 0.6 is 0 Å². The Morgan fingerprint density at radius 1 is 1.38 bits per heavy atom. The highest BCUT2D eigenvalue weighted by molar-refractivity contribution is 7.89. The van der Waals surface area contributed by atoms with Crippen LogP contribution in [-0.4, -0.2) is 41.5 Å². The minimum atomic E-state index is -3.70. The Hall–Kier alpha value is -1.57. The number of nitrogen functional groups attached to an aromatic ring is 1. The van der Waals surface area contributed by atoms with E-state index in [0.717, 1.165) is 0 Å². The number of aliphatic hydroxyl groups is 1. The molecule has 6 nitrogen and oxygen atoms in total. The van der Waals surface area contributed by atoms with Crippen LogP contribution in [0.3, 0.4) is 0 Å². The van der Waals surface area contributed by atoms with Crippen molar-refractivity contribution < 1.29 is 13.5 Å². The first-order chi connectivity index (χ1) is 9.65. The van der Waals surface area contributed by atoms with E-state index in [1.807, 2.05) is 0 Å². The number of nitrogens with two attached hydrogens (primary N) is 1. The highest BCUT2D eigenvalue weighted by atomic mass is 32.2. The smallest absolute Gasteiger partial charge is 0.245 e. The summed E-state index contributed by atoms with van der Waals surface area (Å²) in [5, 5.41) is 10.5. The molecule has 0 aliphatic heterocycles. The van der Waals surface area contributed by atoms with Crippen molar-refractivity contribution in [2.24, 2.45) is 0 Å². The second-order valence-corrected chi connectivity index (χ2v) is 7.61. The lowest BCUT2D eigenvalue weighted by atomic mass is 10.1. The fraction of sp³-hybridized carbons (Fsp3) is 0.429. The molecular weight excluding hydrogens is 290 g/mol. The van der Waals surface area contributed by atoms with Crippen molar-refractivity contribution in [2.75, 3.05) is 18.8 Å². The van der Waals surface area contributed by atoms with Gasteiger partial charge in [-0.25, -0.2) is 8.42 Å². The molecule has 0 aliphatic carbocycles. The molecule has 0 spiro atoms. The molecule has 7 heteroatoms. The highest BCUT2D eigenvalue weighted by Crippen LogP contribution is 2.27. The molecule has 0 atom stereocenters. The molecule has 0 fully saturated rings. The molecule has 2 aromatic rings. The molecule has 1 heterocycles. The topological polar surface area (TPSA) is 99.4 Å². The van der Waals surface area contributed by atoms with Gasteiger partial charge in [-0.1, -0.05) is 6.92 Å². The quantitative estimate of drug-likeness (QED) is 0.729. The predicted octanol–water partition coefficient (Wildman–Crippen LogP) is 1.53. The number of aromatic nitrogens is 1. The van der Waals surface area contributed by atoms with Crippen LogP contribution in [0.25, 0.3) is 10.9 Å². The fourth-order valence-electron chi connectivity index (χ4n) is 2.26. The zero-order valence-electron chi connectivity index (χ0n) is 12.4. The number of rotatable bonds is 5. The van der Waals surface area contributed by atoms with E-state index < -0.39 is 15.6 Å². The van der Waals surface area contributed by atoms with E-state index in [0.29, 0.717) is 16.6 Å². The molecule has 0 aliphatic rings. The Bertz CT molecular complexity index is 744. The van der Waals surface area contributed by atoms with E-state index in [9.17, 15) is 13.5 Å². The third kappa shape index (κ3) is 3.20. The molecule has 0 bridgehead atoms. The van der Waals surface area contributed by atoms with Crippen molar-refractivity contribution in [1.29, 1.82) is 0 Å². The van der Waals surface area contributed by atoms with Crippen molar-refractivity contribution in [3.05, 3.63) is 24.4 Å². The van der Waals surface area contributed by atoms with Gasteiger partial charge >= 0.3 is 0 Å². The molecule has 116 valence electrons. The summed E-state index contributed by atoms with van der Waals surface area (Å²) in [6, 6.07) is 5.09. The maximum absolute atomic E-state index is 12.8. The van der Waals surface area contributed by atoms with Crippen LogP contribution in [0.2, 0.25) is 0 Å². The van der Waals surface area contributed by atoms with Gasteiger partial charge in [-0.15, -0.1) is 0 Å². The normalized spacial score (nSPS) is 13.2. The number of sulfonamides is 1. The summed E-state index contributed by atoms with van der Waals surface area (Å²) in [4.78, 5) is 3.12. The first kappa shape index (κ1) is 15.8. The second kappa shape index (κ2) is 5.32. The number of nitrogens with zero attached hydrogens (tertiary/aromatic N) is 1. The molecule has 0 unspecified atom stereocenters. The van der Waals surface area contributed by atoms with Gasteiger partial charge in [-0.3, -0.25) is 0 Å². The van der Waals surface area contributed by atoms with Crippen LogP contribution in [0.5, 0.6) is 0 Å². The number of likely N-dealkylation sites (N-methyl/N-ethyl adjacent to an activating group) is 1. The van der Waals surface area contributed by atoms with Crippen molar-refractivity contribution >= 4 is 26.6 Å². The summed E-state index contributed by atoms with van der Waals surface area (Å²) in [6.07, 6.45) is 1.46. The summed E-state index contributed by atoms with van der Waals surface area (Å²) in [7, 11) is -3.70. The third-order valence-corrected chi connectivity index (χ3v) is 5.16. The Balaban J connectivity index is 2.52. The maximum Gasteiger partial charge on any atom is 0.245 e. The number of aromatic amines is 1. The number of fused-ring (bicyclic) bond motifs is 1. The monoisotopic (exact) mass is 311 g/mol. The van der Waals surface area contributed by atoms with Crippen LogP contribution < -0.4 is 5.73 Å². The molecule has 0 radical (unpaired) electrons. The van der Waals surface area contributed by atoms with Crippen molar-refractivity contribution in [1.82, 2.24) is 9.29 Å². The molecule has 1 aromatic carbocycles. The van der Waals surface area contributed by atoms with Gasteiger partial charge < -0.3 is 15.8 Å². The van der Waals surface area contributed by atoms with Gasteiger partial charge in [0.2, 0.25) is 10.0 Å². The molecule has 4 N–H and O–H groups in total. The van der Waals surface area contributed by atoms with Crippen LogP contribution in [0.4, 0.5) is 5.69 Å². The summed E-state index contributed by atoms with van der Waals surface area (Å²) in [6.45, 7) is 5.21. The number of hydrogen-bond donors (Lipinski definition) is 3. The van der Waals surface area contributed by atoms with E-state index in [1.54, 1.807) is 39.0 Å². The van der Waals surface area contributed by atoms with Gasteiger partial charge in [0.05, 0.1) is 5.60 Å². The minimum Gasteiger partial charge on any atom is -0.399 e. The summed E-state index contributed by atoms with van der Waals surface area (Å²) in [5.41, 5.74) is 5.85. The van der Waals surface area contributed by atoms with Gasteiger partial charge in [0.15, 0.2) is 0 Å². The number of H-pyrrole nitrogens is 1. The SMILES string of the molecule is CCN(CC(C)(C)O)S(=O)(=O)c1c[nH]c2ccc(N)cc12. The average molecular weight is 311 g/mol. The molecule has 0 amide bonds. The van der Waals surface area contributed by atoms with Gasteiger partial charge in [-0.2, -0.15) is 4.31 Å². The molecule has 1 aromatic heterocycles. The number of benzene rings is 1. The Kier molecular flexibility index (Phi) is 4.01. The van der Waals surface area contributed by atoms with Crippen LogP contribution in [0.1, 0.15) is 20.8 Å². The van der Waals surface area contributed by atoms with Gasteiger partial charge in [0, 0.05) is 35.9 Å². The second-order valence-electron chi connectivity index (χ2n) is 5.70. The average Bonchev–Trinajstić information content (AvgIpc) is 2.78. The standard InChI is InChI=1S/C14H21N3O3S/c1-4-17(9-14(2,3)18)21(19,20)13-8-16-12-6-5-10(15)7-11(12)13/h5-8,16,18H,4,9,15H2,1-3H3. The number of hydrogen-bond acceptors (Lipinski definition) is 4. The number of nitrogens with one attached hydrogen (secondary N) is 1. The predicted molar refractivity (Wildman–Crippen MR) is 83.4 cm³/mol. The molecule has 2 rings (SSSR count). The van der Waals surface area contributed by atoms with Crippen molar-refractivity contribution in [3.63, 3.8) is 0 Å². The van der Waals surface area contributed by atoms with E-state index in [2.05, 4.69) is 4.98 Å². The van der Waals surface area contributed by atoms with Crippen LogP contribution in [0.15, 0.2) is 29.3 Å². The van der Waals surface area contributed by atoms with Crippen molar-refractivity contribution in [2.45, 2.75) is 31.3 Å². The van der Waals surface area contributed by atoms with Crippen LogP contribution in [0, 0.1) is 0 Å². The maximum atomic E-state index is 12.8. The Morgan fingerprint density at radius 3 is 2.62 bits per heavy atom. The summed E-state index contributed by atoms with van der Waals surface area (Å²) >= 11 is 0. The van der Waals surface area contributed by atoms with E-state index in [-0.39, 0.29) is 18.0 Å². The highest BCUT2D eigenvalue weighted by Gasteiger charge is 2.30. The lowest BCUT2D eigenvalue weighted by Crippen LogP contribution is -2.42. The summed E-state index contributed by atoms with van der Waals surface area (Å²) < 4.78 is 26.8. The largest absolute Gasteiger partial charge is 0.399 e. The fourth-order valence-corrected chi connectivity index (χ4v) is 4.02. The van der Waals surface area contributed by atoms with Crippen molar-refractivity contribution in [3.8, 4) is 0 Å². The molecule has 0 saturated heterocycles. The van der Waals surface area contributed by atoms with Crippen LogP contribution in [-0.2, 0) is 10.0 Å². The number of anilines is 1. The van der Waals surface area contributed by atoms with E-state index in [1.165, 1.54) is 10.5 Å². The van der Waals surface area contributed by atoms with Gasteiger partial charge in [0.1, 0.15) is 4.90 Å². The Morgan fingerprint density at radius 2 is 2.05 bits per heavy atom. The lowest BCUT2D eigenvalue weighted by Gasteiger charge is -2.27. The minimum absolute atomic E-state index is 0.0286. The lowest BCUT2D eigenvalue weighted by molar-refractivity contribution is 0.0601. The first-order valence-corrected chi connectivity index (χ1v) is 8.18. The molecular formula is C14H21N3O3S. The summed E-state index contributed by atoms with van der Waals surface area (Å²) in [5.74, 6) is 0. The van der Waals surface area contributed by atoms with E-state index >= 15 is 0 Å². The first-order valence-electron chi connectivity index (χ1n) is 6.74. The third-order valence-electron chi connectivity index (χ3n) is 3.20. The zero-order chi connectivity index (χ0) is 15.8. The van der Waals surface area contributed by atoms with Gasteiger partial charge in [0.25, 0.3) is 0 Å². The zero-order valence-corrected chi connectivity index (χ0v) is 13.2. The van der Waals surface area contributed by atoms with Gasteiger partial charge in [-0.05, 0) is 32.0 Å². The Labute approximate surface area is 124 Å². The molecule has 21 heavy (non-hydrogen) atoms.